The molecule has 1 aliphatic heterocycles. The van der Waals surface area contributed by atoms with E-state index >= 15 is 0 Å². The van der Waals surface area contributed by atoms with E-state index in [9.17, 15) is 35.6 Å². The molecule has 0 spiro atoms. The lowest BCUT2D eigenvalue weighted by molar-refractivity contribution is -0.137. The van der Waals surface area contributed by atoms with Gasteiger partial charge in [0.2, 0.25) is 0 Å². The molecular weight excluding hydrogens is 604 g/mol. The van der Waals surface area contributed by atoms with Crippen LogP contribution in [0.25, 0.3) is 0 Å². The highest BCUT2D eigenvalue weighted by Gasteiger charge is 2.52. The lowest BCUT2D eigenvalue weighted by Gasteiger charge is -2.28. The standard InChI is InChI=1S/C29H26F4N6O4S/c1-28(2)26(40)39(22-10-6-18(15-34)24(14-22)29(31,32)33)27(41)38(28)16-19-5-7-20(30)13-25(19)36-21-8-11-23(12-9-21)44(42,43)35-17-37(3)4/h5-14,17,36H,16H2,1-4H3. The zero-order valence-electron chi connectivity index (χ0n) is 23.8. The zero-order valence-corrected chi connectivity index (χ0v) is 24.7. The number of carbonyl (C=O) groups excluding carboxylic acids is 2. The molecule has 10 nitrogen and oxygen atoms in total. The molecule has 0 bridgehead atoms. The number of hydrogen-bond acceptors (Lipinski definition) is 6. The molecule has 44 heavy (non-hydrogen) atoms. The van der Waals surface area contributed by atoms with Crippen LogP contribution in [0, 0.1) is 17.1 Å². The quantitative estimate of drug-likeness (QED) is 0.151. The maximum atomic E-state index is 14.3. The summed E-state index contributed by atoms with van der Waals surface area (Å²) in [7, 11) is -0.733. The molecule has 3 amide bonds. The zero-order chi connectivity index (χ0) is 32.6. The number of sulfonamides is 1. The van der Waals surface area contributed by atoms with Crippen LogP contribution < -0.4 is 10.2 Å². The van der Waals surface area contributed by atoms with Crippen LogP contribution in [0.3, 0.4) is 0 Å². The fourth-order valence-electron chi connectivity index (χ4n) is 4.39. The van der Waals surface area contributed by atoms with E-state index in [4.69, 9.17) is 5.26 Å². The number of benzene rings is 3. The Hall–Kier alpha value is -4.97. The van der Waals surface area contributed by atoms with Gasteiger partial charge in [0.05, 0.1) is 34.3 Å². The van der Waals surface area contributed by atoms with Crippen molar-refractivity contribution < 1.29 is 35.6 Å². The van der Waals surface area contributed by atoms with Crippen LogP contribution >= 0.6 is 0 Å². The summed E-state index contributed by atoms with van der Waals surface area (Å²) in [5, 5.41) is 12.1. The highest BCUT2D eigenvalue weighted by molar-refractivity contribution is 7.90. The Morgan fingerprint density at radius 2 is 1.70 bits per heavy atom. The molecule has 1 heterocycles. The maximum absolute atomic E-state index is 14.3. The third kappa shape index (κ3) is 6.35. The molecule has 1 N–H and O–H groups in total. The molecule has 0 unspecified atom stereocenters. The van der Waals surface area contributed by atoms with Gasteiger partial charge in [-0.25, -0.2) is 14.1 Å². The van der Waals surface area contributed by atoms with Gasteiger partial charge in [0.25, 0.3) is 15.9 Å². The second-order valence-electron chi connectivity index (χ2n) is 10.5. The van der Waals surface area contributed by atoms with Crippen molar-refractivity contribution in [1.29, 1.82) is 5.26 Å². The number of imide groups is 1. The molecule has 4 rings (SSSR count). The number of anilines is 3. The Morgan fingerprint density at radius 1 is 1.05 bits per heavy atom. The van der Waals surface area contributed by atoms with Crippen LogP contribution in [0.15, 0.2) is 70.0 Å². The molecule has 0 atom stereocenters. The summed E-state index contributed by atoms with van der Waals surface area (Å²) in [5.41, 5.74) is -2.91. The van der Waals surface area contributed by atoms with Gasteiger partial charge in [-0.3, -0.25) is 4.79 Å². The third-order valence-electron chi connectivity index (χ3n) is 6.76. The van der Waals surface area contributed by atoms with Crippen LogP contribution in [0.2, 0.25) is 0 Å². The van der Waals surface area contributed by atoms with E-state index in [1.165, 1.54) is 55.1 Å². The van der Waals surface area contributed by atoms with Crippen LogP contribution in [0.1, 0.15) is 30.5 Å². The van der Waals surface area contributed by atoms with Crippen molar-refractivity contribution >= 4 is 45.4 Å². The number of carbonyl (C=O) groups is 2. The molecule has 230 valence electrons. The molecule has 0 aliphatic carbocycles. The molecule has 3 aromatic rings. The Labute approximate surface area is 250 Å². The summed E-state index contributed by atoms with van der Waals surface area (Å²) >= 11 is 0. The number of hydrogen-bond donors (Lipinski definition) is 1. The van der Waals surface area contributed by atoms with Gasteiger partial charge in [0.15, 0.2) is 0 Å². The second-order valence-corrected chi connectivity index (χ2v) is 12.2. The molecule has 3 aromatic carbocycles. The predicted octanol–water partition coefficient (Wildman–Crippen LogP) is 5.49. The first kappa shape index (κ1) is 32.0. The Bertz CT molecular complexity index is 1800. The highest BCUT2D eigenvalue weighted by atomic mass is 32.2. The number of rotatable bonds is 8. The smallest absolute Gasteiger partial charge is 0.368 e. The van der Waals surface area contributed by atoms with Crippen molar-refractivity contribution in [3.8, 4) is 6.07 Å². The molecular formula is C29H26F4N6O4S. The van der Waals surface area contributed by atoms with Crippen LogP contribution in [0.5, 0.6) is 0 Å². The molecule has 0 aromatic heterocycles. The Balaban J connectivity index is 1.64. The molecule has 1 aliphatic rings. The van der Waals surface area contributed by atoms with Gasteiger partial charge < -0.3 is 15.1 Å². The van der Waals surface area contributed by atoms with Crippen molar-refractivity contribution in [3.63, 3.8) is 0 Å². The van der Waals surface area contributed by atoms with Gasteiger partial charge in [-0.05, 0) is 74.0 Å². The number of amides is 3. The lowest BCUT2D eigenvalue weighted by Crippen LogP contribution is -2.43. The van der Waals surface area contributed by atoms with Crippen molar-refractivity contribution in [2.24, 2.45) is 4.40 Å². The van der Waals surface area contributed by atoms with E-state index in [-0.39, 0.29) is 22.8 Å². The van der Waals surface area contributed by atoms with Gasteiger partial charge in [0.1, 0.15) is 17.7 Å². The van der Waals surface area contributed by atoms with Gasteiger partial charge >= 0.3 is 12.2 Å². The van der Waals surface area contributed by atoms with Crippen LogP contribution in [0.4, 0.5) is 39.4 Å². The van der Waals surface area contributed by atoms with Crippen molar-refractivity contribution in [3.05, 3.63) is 83.2 Å². The number of urea groups is 1. The van der Waals surface area contributed by atoms with E-state index in [0.717, 1.165) is 35.5 Å². The van der Waals surface area contributed by atoms with Crippen LogP contribution in [-0.4, -0.2) is 56.1 Å². The van der Waals surface area contributed by atoms with E-state index < -0.39 is 50.6 Å². The Morgan fingerprint density at radius 3 is 2.30 bits per heavy atom. The summed E-state index contributed by atoms with van der Waals surface area (Å²) in [5.74, 6) is -1.43. The first-order chi connectivity index (χ1) is 20.5. The summed E-state index contributed by atoms with van der Waals surface area (Å²) in [6, 6.07) is 12.2. The maximum Gasteiger partial charge on any atom is 0.417 e. The predicted molar refractivity (Wildman–Crippen MR) is 154 cm³/mol. The fourth-order valence-corrected chi connectivity index (χ4v) is 5.30. The summed E-state index contributed by atoms with van der Waals surface area (Å²) in [6.45, 7) is 2.61. The normalized spacial score (nSPS) is 15.2. The minimum atomic E-state index is -4.90. The minimum Gasteiger partial charge on any atom is -0.368 e. The SMILES string of the molecule is CN(C)C=NS(=O)(=O)c1ccc(Nc2cc(F)ccc2CN2C(=O)N(c3ccc(C#N)c(C(F)(F)F)c3)C(=O)C2(C)C)cc1. The molecule has 1 fully saturated rings. The number of halogens is 4. The monoisotopic (exact) mass is 630 g/mol. The van der Waals surface area contributed by atoms with Gasteiger partial charge in [-0.1, -0.05) is 6.07 Å². The Kier molecular flexibility index (Phi) is 8.43. The topological polar surface area (TPSA) is 126 Å². The van der Waals surface area contributed by atoms with Crippen LogP contribution in [-0.2, 0) is 27.5 Å². The number of nitrogens with one attached hydrogen (secondary N) is 1. The molecule has 15 heteroatoms. The van der Waals surface area contributed by atoms with Gasteiger partial charge in [-0.15, -0.1) is 4.40 Å². The van der Waals surface area contributed by atoms with Gasteiger partial charge in [-0.2, -0.15) is 26.9 Å². The van der Waals surface area contributed by atoms with Crippen molar-refractivity contribution in [1.82, 2.24) is 9.80 Å². The lowest BCUT2D eigenvalue weighted by atomic mass is 10.0. The van der Waals surface area contributed by atoms with Crippen molar-refractivity contribution in [2.75, 3.05) is 24.3 Å². The summed E-state index contributed by atoms with van der Waals surface area (Å²) in [6.07, 6.45) is -3.76. The van der Waals surface area contributed by atoms with Crippen molar-refractivity contribution in [2.45, 2.75) is 37.0 Å². The molecule has 1 saturated heterocycles. The summed E-state index contributed by atoms with van der Waals surface area (Å²) in [4.78, 5) is 30.0. The largest absolute Gasteiger partial charge is 0.417 e. The minimum absolute atomic E-state index is 0.0832. The highest BCUT2D eigenvalue weighted by Crippen LogP contribution is 2.39. The first-order valence-electron chi connectivity index (χ1n) is 12.9. The average molecular weight is 631 g/mol. The summed E-state index contributed by atoms with van der Waals surface area (Å²) < 4.78 is 83.5. The third-order valence-corrected chi connectivity index (χ3v) is 8.00. The number of alkyl halides is 3. The number of nitriles is 1. The second kappa shape index (κ2) is 11.6. The van der Waals surface area contributed by atoms with Gasteiger partial charge in [0, 0.05) is 25.5 Å². The first-order valence-corrected chi connectivity index (χ1v) is 14.3. The molecule has 0 saturated carbocycles. The van der Waals surface area contributed by atoms with E-state index in [0.29, 0.717) is 22.2 Å². The average Bonchev–Trinajstić information content (AvgIpc) is 3.11. The van der Waals surface area contributed by atoms with E-state index in [2.05, 4.69) is 9.71 Å². The van der Waals surface area contributed by atoms with E-state index in [1.807, 2.05) is 0 Å². The molecule has 0 radical (unpaired) electrons. The van der Waals surface area contributed by atoms with E-state index in [1.54, 1.807) is 14.1 Å². The number of nitrogens with zero attached hydrogens (tertiary/aromatic N) is 5. The fraction of sp³-hybridized carbons (Fsp3) is 0.241.